The molecule has 0 aliphatic carbocycles. The number of ether oxygens (including phenoxy) is 1. The van der Waals surface area contributed by atoms with Crippen LogP contribution in [0.25, 0.3) is 0 Å². The highest BCUT2D eigenvalue weighted by Gasteiger charge is 2.38. The number of halogens is 3. The van der Waals surface area contributed by atoms with Crippen molar-refractivity contribution in [1.82, 2.24) is 5.32 Å². The number of carbonyl (C=O) groups excluding carboxylic acids is 2. The van der Waals surface area contributed by atoms with E-state index in [0.29, 0.717) is 12.3 Å². The van der Waals surface area contributed by atoms with E-state index in [2.05, 4.69) is 33.0 Å². The zero-order valence-corrected chi connectivity index (χ0v) is 20.2. The van der Waals surface area contributed by atoms with Crippen molar-refractivity contribution < 1.29 is 37.4 Å². The number of hydrogen-bond acceptors (Lipinski definition) is 5. The molecule has 188 valence electrons. The number of rotatable bonds is 8. The molecule has 0 radical (unpaired) electrons. The number of nitrogens with two attached hydrogens (primary N) is 1. The molecular formula is C23H35F3N2O5. The Kier molecular flexibility index (Phi) is 11.6. The Morgan fingerprint density at radius 1 is 1.03 bits per heavy atom. The van der Waals surface area contributed by atoms with Crippen molar-refractivity contribution in [1.29, 1.82) is 0 Å². The van der Waals surface area contributed by atoms with Gasteiger partial charge >= 0.3 is 18.1 Å². The molecule has 0 aromatic heterocycles. The van der Waals surface area contributed by atoms with Gasteiger partial charge in [0, 0.05) is 6.54 Å². The van der Waals surface area contributed by atoms with Crippen molar-refractivity contribution in [2.24, 2.45) is 11.1 Å². The van der Waals surface area contributed by atoms with E-state index in [1.807, 2.05) is 32.0 Å². The van der Waals surface area contributed by atoms with Gasteiger partial charge in [0.15, 0.2) is 0 Å². The number of amides is 1. The van der Waals surface area contributed by atoms with Crippen molar-refractivity contribution in [2.75, 3.05) is 6.54 Å². The zero-order valence-electron chi connectivity index (χ0n) is 20.2. The molecule has 0 aliphatic rings. The van der Waals surface area contributed by atoms with E-state index in [0.717, 1.165) is 11.1 Å². The van der Waals surface area contributed by atoms with E-state index >= 15 is 0 Å². The lowest BCUT2D eigenvalue weighted by atomic mass is 9.89. The summed E-state index contributed by atoms with van der Waals surface area (Å²) in [6.07, 6.45) is -4.88. The first-order valence-corrected chi connectivity index (χ1v) is 10.6. The molecule has 10 heteroatoms. The van der Waals surface area contributed by atoms with Gasteiger partial charge in [0.05, 0.1) is 12.5 Å². The van der Waals surface area contributed by atoms with E-state index in [-0.39, 0.29) is 30.1 Å². The van der Waals surface area contributed by atoms with Crippen LogP contribution in [0.4, 0.5) is 13.2 Å². The van der Waals surface area contributed by atoms with Gasteiger partial charge in [-0.1, -0.05) is 59.7 Å². The molecule has 1 aromatic carbocycles. The Morgan fingerprint density at radius 3 is 1.79 bits per heavy atom. The van der Waals surface area contributed by atoms with Gasteiger partial charge in [-0.05, 0) is 35.3 Å². The molecule has 1 amide bonds. The molecule has 0 bridgehead atoms. The average molecular weight is 477 g/mol. The molecule has 4 N–H and O–H groups in total. The second kappa shape index (κ2) is 12.6. The van der Waals surface area contributed by atoms with Gasteiger partial charge in [0.1, 0.15) is 5.75 Å². The van der Waals surface area contributed by atoms with Gasteiger partial charge in [-0.25, -0.2) is 4.79 Å². The molecule has 0 aliphatic heterocycles. The Labute approximate surface area is 192 Å². The van der Waals surface area contributed by atoms with Crippen LogP contribution in [0.2, 0.25) is 0 Å². The third-order valence-corrected chi connectivity index (χ3v) is 4.56. The maximum Gasteiger partial charge on any atom is 0.490 e. The van der Waals surface area contributed by atoms with Gasteiger partial charge in [0.2, 0.25) is 5.91 Å². The third-order valence-electron chi connectivity index (χ3n) is 4.56. The summed E-state index contributed by atoms with van der Waals surface area (Å²) < 4.78 is 37.5. The summed E-state index contributed by atoms with van der Waals surface area (Å²) in [6, 6.07) is 5.46. The lowest BCUT2D eigenvalue weighted by molar-refractivity contribution is -0.192. The maximum absolute atomic E-state index is 12.6. The minimum Gasteiger partial charge on any atom is -0.475 e. The molecule has 0 unspecified atom stereocenters. The Bertz CT molecular complexity index is 793. The molecular weight excluding hydrogens is 441 g/mol. The number of aliphatic carboxylic acids is 1. The Hall–Kier alpha value is -2.62. The lowest BCUT2D eigenvalue weighted by Crippen LogP contribution is -2.43. The normalized spacial score (nSPS) is 12.6. The molecule has 0 fully saturated rings. The van der Waals surface area contributed by atoms with Crippen LogP contribution in [0.5, 0.6) is 5.75 Å². The zero-order chi connectivity index (χ0) is 26.1. The minimum absolute atomic E-state index is 0.205. The second-order valence-electron chi connectivity index (χ2n) is 9.20. The van der Waals surface area contributed by atoms with Gasteiger partial charge in [0.25, 0.3) is 0 Å². The molecule has 0 spiro atoms. The van der Waals surface area contributed by atoms with Crippen molar-refractivity contribution in [3.63, 3.8) is 0 Å². The van der Waals surface area contributed by atoms with Crippen LogP contribution in [-0.2, 0) is 14.4 Å². The summed E-state index contributed by atoms with van der Waals surface area (Å²) in [5, 5.41) is 9.90. The standard InChI is InChI=1S/C21H34N2O3.C2HF3O2/c1-13(2)16-9-8-10-17(14(3)4)19(16)26-18(24)11-21(6,7)12-23-20(25)15(5)22;3-2(4,5)1(6)7/h8-10,13-15H,11-12,22H2,1-7H3,(H,23,25);(H,6,7)/t15-;/m0./s1. The van der Waals surface area contributed by atoms with Crippen LogP contribution in [0, 0.1) is 5.41 Å². The van der Waals surface area contributed by atoms with E-state index in [1.54, 1.807) is 6.92 Å². The quantitative estimate of drug-likeness (QED) is 0.379. The monoisotopic (exact) mass is 476 g/mol. The Morgan fingerprint density at radius 2 is 1.45 bits per heavy atom. The fourth-order valence-electron chi connectivity index (χ4n) is 2.69. The van der Waals surface area contributed by atoms with Gasteiger partial charge < -0.3 is 20.9 Å². The van der Waals surface area contributed by atoms with E-state index in [1.165, 1.54) is 0 Å². The fraction of sp³-hybridized carbons (Fsp3) is 0.609. The topological polar surface area (TPSA) is 119 Å². The minimum atomic E-state index is -5.08. The number of hydrogen-bond donors (Lipinski definition) is 3. The molecule has 0 saturated heterocycles. The van der Waals surface area contributed by atoms with E-state index in [4.69, 9.17) is 20.4 Å². The highest BCUT2D eigenvalue weighted by molar-refractivity contribution is 5.81. The number of nitrogens with one attached hydrogen (secondary N) is 1. The molecule has 7 nitrogen and oxygen atoms in total. The van der Waals surface area contributed by atoms with Crippen molar-refractivity contribution >= 4 is 17.8 Å². The number of alkyl halides is 3. The predicted molar refractivity (Wildman–Crippen MR) is 119 cm³/mol. The maximum atomic E-state index is 12.6. The highest BCUT2D eigenvalue weighted by atomic mass is 19.4. The predicted octanol–water partition coefficient (Wildman–Crippen LogP) is 4.35. The number of para-hydroxylation sites is 1. The van der Waals surface area contributed by atoms with Crippen LogP contribution in [0.1, 0.15) is 77.8 Å². The molecule has 1 atom stereocenters. The largest absolute Gasteiger partial charge is 0.490 e. The summed E-state index contributed by atoms with van der Waals surface area (Å²) in [4.78, 5) is 33.1. The molecule has 1 rings (SSSR count). The Balaban J connectivity index is 0.00000126. The lowest BCUT2D eigenvalue weighted by Gasteiger charge is -2.25. The van der Waals surface area contributed by atoms with Crippen molar-refractivity contribution in [3.8, 4) is 5.75 Å². The third kappa shape index (κ3) is 11.2. The smallest absolute Gasteiger partial charge is 0.475 e. The number of benzene rings is 1. The SMILES string of the molecule is CC(C)c1cccc(C(C)C)c1OC(=O)CC(C)(C)CNC(=O)[C@H](C)N.O=C(O)C(F)(F)F. The van der Waals surface area contributed by atoms with E-state index < -0.39 is 23.6 Å². The van der Waals surface area contributed by atoms with Gasteiger partial charge in [-0.3, -0.25) is 9.59 Å². The second-order valence-corrected chi connectivity index (χ2v) is 9.20. The fourth-order valence-corrected chi connectivity index (χ4v) is 2.69. The van der Waals surface area contributed by atoms with Gasteiger partial charge in [-0.2, -0.15) is 13.2 Å². The van der Waals surface area contributed by atoms with E-state index in [9.17, 15) is 22.8 Å². The molecule has 0 heterocycles. The summed E-state index contributed by atoms with van der Waals surface area (Å²) in [5.74, 6) is -2.08. The summed E-state index contributed by atoms with van der Waals surface area (Å²) in [7, 11) is 0. The molecule has 0 saturated carbocycles. The van der Waals surface area contributed by atoms with Gasteiger partial charge in [-0.15, -0.1) is 0 Å². The first-order chi connectivity index (χ1) is 14.9. The molecule has 1 aromatic rings. The summed E-state index contributed by atoms with van der Waals surface area (Å²) >= 11 is 0. The number of carboxylic acid groups (broad SMARTS) is 1. The first-order valence-electron chi connectivity index (χ1n) is 10.6. The highest BCUT2D eigenvalue weighted by Crippen LogP contribution is 2.35. The summed E-state index contributed by atoms with van der Waals surface area (Å²) in [5.41, 5.74) is 7.20. The number of carbonyl (C=O) groups is 3. The van der Waals surface area contributed by atoms with Crippen LogP contribution >= 0.6 is 0 Å². The summed E-state index contributed by atoms with van der Waals surface area (Å²) in [6.45, 7) is 14.2. The van der Waals surface area contributed by atoms with Crippen LogP contribution in [0.15, 0.2) is 18.2 Å². The van der Waals surface area contributed by atoms with Crippen LogP contribution in [-0.4, -0.2) is 41.7 Å². The number of carboxylic acids is 1. The van der Waals surface area contributed by atoms with Crippen molar-refractivity contribution in [2.45, 2.75) is 78.9 Å². The van der Waals surface area contributed by atoms with Crippen LogP contribution in [0.3, 0.4) is 0 Å². The first kappa shape index (κ1) is 30.4. The van der Waals surface area contributed by atoms with Crippen LogP contribution < -0.4 is 15.8 Å². The number of esters is 1. The van der Waals surface area contributed by atoms with Crippen molar-refractivity contribution in [3.05, 3.63) is 29.3 Å². The average Bonchev–Trinajstić information content (AvgIpc) is 2.64. The molecule has 33 heavy (non-hydrogen) atoms.